The molecule has 1 fully saturated rings. The van der Waals surface area contributed by atoms with Gasteiger partial charge in [-0.1, -0.05) is 0 Å². The third-order valence-electron chi connectivity index (χ3n) is 3.35. The quantitative estimate of drug-likeness (QED) is 0.841. The van der Waals surface area contributed by atoms with E-state index >= 15 is 0 Å². The van der Waals surface area contributed by atoms with E-state index < -0.39 is 0 Å². The molecule has 1 unspecified atom stereocenters. The summed E-state index contributed by atoms with van der Waals surface area (Å²) in [6.07, 6.45) is 3.53. The molecule has 1 aliphatic heterocycles. The molecule has 0 bridgehead atoms. The van der Waals surface area contributed by atoms with Gasteiger partial charge in [0.1, 0.15) is 6.10 Å². The normalized spacial score (nSPS) is 24.4. The van der Waals surface area contributed by atoms with Crippen molar-refractivity contribution in [2.75, 3.05) is 19.8 Å². The SMILES string of the molecule is CCO[C@@H]1COC[C@H]1NC(=O)C(C)c1cnn(C)c1. The Hall–Kier alpha value is -1.40. The number of hydrogen-bond acceptors (Lipinski definition) is 4. The van der Waals surface area contributed by atoms with Gasteiger partial charge in [-0.2, -0.15) is 5.10 Å². The van der Waals surface area contributed by atoms with Gasteiger partial charge in [0.05, 0.1) is 31.4 Å². The predicted molar refractivity (Wildman–Crippen MR) is 69.8 cm³/mol. The number of ether oxygens (including phenoxy) is 2. The van der Waals surface area contributed by atoms with Gasteiger partial charge in [-0.3, -0.25) is 9.48 Å². The van der Waals surface area contributed by atoms with Gasteiger partial charge in [0.2, 0.25) is 5.91 Å². The van der Waals surface area contributed by atoms with Crippen LogP contribution in [-0.2, 0) is 21.3 Å². The van der Waals surface area contributed by atoms with Crippen LogP contribution < -0.4 is 5.32 Å². The zero-order chi connectivity index (χ0) is 13.8. The number of amides is 1. The van der Waals surface area contributed by atoms with Crippen LogP contribution in [0, 0.1) is 0 Å². The fourth-order valence-electron chi connectivity index (χ4n) is 2.17. The molecule has 2 heterocycles. The van der Waals surface area contributed by atoms with Crippen molar-refractivity contribution in [3.8, 4) is 0 Å². The lowest BCUT2D eigenvalue weighted by Gasteiger charge is -2.20. The predicted octanol–water partition coefficient (Wildman–Crippen LogP) is 0.444. The second-order valence-electron chi connectivity index (χ2n) is 4.82. The van der Waals surface area contributed by atoms with Gasteiger partial charge in [0.25, 0.3) is 0 Å². The van der Waals surface area contributed by atoms with Gasteiger partial charge in [-0.05, 0) is 13.8 Å². The van der Waals surface area contributed by atoms with Gasteiger partial charge in [0.15, 0.2) is 0 Å². The first kappa shape index (κ1) is 14.0. The molecule has 1 aromatic rings. The minimum atomic E-state index is -0.225. The van der Waals surface area contributed by atoms with E-state index in [1.807, 2.05) is 27.1 Å². The van der Waals surface area contributed by atoms with E-state index in [0.29, 0.717) is 19.8 Å². The molecule has 6 heteroatoms. The van der Waals surface area contributed by atoms with Crippen molar-refractivity contribution in [3.63, 3.8) is 0 Å². The highest BCUT2D eigenvalue weighted by Gasteiger charge is 2.31. The monoisotopic (exact) mass is 267 g/mol. The Morgan fingerprint density at radius 3 is 3.11 bits per heavy atom. The Balaban J connectivity index is 1.93. The van der Waals surface area contributed by atoms with Crippen LogP contribution in [-0.4, -0.2) is 47.7 Å². The number of nitrogens with zero attached hydrogens (tertiary/aromatic N) is 2. The van der Waals surface area contributed by atoms with E-state index in [1.165, 1.54) is 0 Å². The zero-order valence-electron chi connectivity index (χ0n) is 11.6. The maximum atomic E-state index is 12.2. The first-order valence-corrected chi connectivity index (χ1v) is 6.60. The summed E-state index contributed by atoms with van der Waals surface area (Å²) in [5.41, 5.74) is 0.909. The van der Waals surface area contributed by atoms with Crippen LogP contribution in [0.2, 0.25) is 0 Å². The van der Waals surface area contributed by atoms with E-state index in [9.17, 15) is 4.79 Å². The molecule has 0 radical (unpaired) electrons. The summed E-state index contributed by atoms with van der Waals surface area (Å²) in [7, 11) is 1.84. The van der Waals surface area contributed by atoms with Crippen molar-refractivity contribution in [2.45, 2.75) is 31.9 Å². The van der Waals surface area contributed by atoms with Crippen molar-refractivity contribution in [1.82, 2.24) is 15.1 Å². The molecule has 1 N–H and O–H groups in total. The van der Waals surface area contributed by atoms with E-state index in [-0.39, 0.29) is 24.0 Å². The fourth-order valence-corrected chi connectivity index (χ4v) is 2.17. The van der Waals surface area contributed by atoms with Crippen LogP contribution in [0.4, 0.5) is 0 Å². The number of aryl methyl sites for hydroxylation is 1. The average Bonchev–Trinajstić information content (AvgIpc) is 2.99. The second kappa shape index (κ2) is 6.16. The zero-order valence-corrected chi connectivity index (χ0v) is 11.6. The van der Waals surface area contributed by atoms with Crippen molar-refractivity contribution in [3.05, 3.63) is 18.0 Å². The van der Waals surface area contributed by atoms with Gasteiger partial charge in [0, 0.05) is 25.4 Å². The summed E-state index contributed by atoms with van der Waals surface area (Å²) in [4.78, 5) is 12.2. The van der Waals surface area contributed by atoms with Crippen LogP contribution in [0.15, 0.2) is 12.4 Å². The molecule has 0 saturated carbocycles. The number of carbonyl (C=O) groups excluding carboxylic acids is 1. The lowest BCUT2D eigenvalue weighted by Crippen LogP contribution is -2.45. The van der Waals surface area contributed by atoms with E-state index in [1.54, 1.807) is 10.9 Å². The maximum absolute atomic E-state index is 12.2. The van der Waals surface area contributed by atoms with Gasteiger partial charge < -0.3 is 14.8 Å². The Bertz CT molecular complexity index is 433. The Morgan fingerprint density at radius 2 is 2.47 bits per heavy atom. The molecule has 1 saturated heterocycles. The minimum Gasteiger partial charge on any atom is -0.376 e. The molecule has 1 aromatic heterocycles. The minimum absolute atomic E-state index is 0.0202. The molecule has 6 nitrogen and oxygen atoms in total. The van der Waals surface area contributed by atoms with E-state index in [0.717, 1.165) is 5.56 Å². The molecule has 106 valence electrons. The molecule has 19 heavy (non-hydrogen) atoms. The van der Waals surface area contributed by atoms with Gasteiger partial charge in [-0.15, -0.1) is 0 Å². The molecule has 0 aromatic carbocycles. The number of hydrogen-bond donors (Lipinski definition) is 1. The summed E-state index contributed by atoms with van der Waals surface area (Å²) < 4.78 is 12.6. The van der Waals surface area contributed by atoms with Crippen LogP contribution >= 0.6 is 0 Å². The smallest absolute Gasteiger partial charge is 0.227 e. The number of nitrogens with one attached hydrogen (secondary N) is 1. The summed E-state index contributed by atoms with van der Waals surface area (Å²) >= 11 is 0. The Labute approximate surface area is 113 Å². The van der Waals surface area contributed by atoms with Crippen molar-refractivity contribution in [1.29, 1.82) is 0 Å². The summed E-state index contributed by atoms with van der Waals surface area (Å²) in [6, 6.07) is -0.0634. The Kier molecular flexibility index (Phi) is 4.55. The second-order valence-corrected chi connectivity index (χ2v) is 4.82. The first-order chi connectivity index (χ1) is 9.11. The largest absolute Gasteiger partial charge is 0.376 e. The Morgan fingerprint density at radius 1 is 1.68 bits per heavy atom. The van der Waals surface area contributed by atoms with Crippen LogP contribution in [0.25, 0.3) is 0 Å². The van der Waals surface area contributed by atoms with Crippen molar-refractivity contribution in [2.24, 2.45) is 7.05 Å². The third-order valence-corrected chi connectivity index (χ3v) is 3.35. The average molecular weight is 267 g/mol. The third kappa shape index (κ3) is 3.33. The summed E-state index contributed by atoms with van der Waals surface area (Å²) in [5.74, 6) is -0.246. The highest BCUT2D eigenvalue weighted by molar-refractivity contribution is 5.83. The highest BCUT2D eigenvalue weighted by atomic mass is 16.5. The van der Waals surface area contributed by atoms with E-state index in [4.69, 9.17) is 9.47 Å². The molecule has 0 spiro atoms. The maximum Gasteiger partial charge on any atom is 0.227 e. The van der Waals surface area contributed by atoms with Gasteiger partial charge in [-0.25, -0.2) is 0 Å². The van der Waals surface area contributed by atoms with Crippen molar-refractivity contribution >= 4 is 5.91 Å². The van der Waals surface area contributed by atoms with E-state index in [2.05, 4.69) is 10.4 Å². The van der Waals surface area contributed by atoms with Crippen LogP contribution in [0.1, 0.15) is 25.3 Å². The van der Waals surface area contributed by atoms with Crippen molar-refractivity contribution < 1.29 is 14.3 Å². The fraction of sp³-hybridized carbons (Fsp3) is 0.692. The number of rotatable bonds is 5. The molecular weight excluding hydrogens is 246 g/mol. The molecule has 2 rings (SSSR count). The topological polar surface area (TPSA) is 65.4 Å². The summed E-state index contributed by atoms with van der Waals surface area (Å²) in [5, 5.41) is 7.08. The molecule has 1 aliphatic rings. The standard InChI is InChI=1S/C13H21N3O3/c1-4-19-12-8-18-7-11(12)15-13(17)9(2)10-5-14-16(3)6-10/h5-6,9,11-12H,4,7-8H2,1-3H3,(H,15,17)/t9?,11-,12-/m1/s1. The first-order valence-electron chi connectivity index (χ1n) is 6.60. The lowest BCUT2D eigenvalue weighted by molar-refractivity contribution is -0.123. The lowest BCUT2D eigenvalue weighted by atomic mass is 10.0. The van der Waals surface area contributed by atoms with Gasteiger partial charge >= 0.3 is 0 Å². The van der Waals surface area contributed by atoms with Crippen LogP contribution in [0.3, 0.4) is 0 Å². The molecule has 3 atom stereocenters. The number of carbonyl (C=O) groups is 1. The molecule has 0 aliphatic carbocycles. The van der Waals surface area contributed by atoms with Crippen LogP contribution in [0.5, 0.6) is 0 Å². The summed E-state index contributed by atoms with van der Waals surface area (Å²) in [6.45, 7) is 5.49. The number of aromatic nitrogens is 2. The highest BCUT2D eigenvalue weighted by Crippen LogP contribution is 2.16. The molecular formula is C13H21N3O3. The molecule has 1 amide bonds.